The maximum Gasteiger partial charge on any atom is 0.416 e. The number of nitrogens with zero attached hydrogens (tertiary/aromatic N) is 1. The quantitative estimate of drug-likeness (QED) is 0.354. The Hall–Kier alpha value is -3.19. The number of hydrogen-bond acceptors (Lipinski definition) is 4. The lowest BCUT2D eigenvalue weighted by atomic mass is 9.92. The molecule has 0 radical (unpaired) electrons. The summed E-state index contributed by atoms with van der Waals surface area (Å²) in [5, 5.41) is 2.32. The van der Waals surface area contributed by atoms with Crippen LogP contribution < -0.4 is 15.2 Å². The van der Waals surface area contributed by atoms with Crippen LogP contribution in [-0.4, -0.2) is 29.3 Å². The topological polar surface area (TPSA) is 80.6 Å². The number of aromatic nitrogens is 1. The lowest BCUT2D eigenvalue weighted by molar-refractivity contribution is 0.135. The molecule has 33 heavy (non-hydrogen) atoms. The molecule has 1 amide bonds. The second-order valence-corrected chi connectivity index (χ2v) is 8.63. The lowest BCUT2D eigenvalue weighted by Gasteiger charge is -2.35. The van der Waals surface area contributed by atoms with Gasteiger partial charge in [0, 0.05) is 33.2 Å². The van der Waals surface area contributed by atoms with Crippen LogP contribution in [-0.2, 0) is 6.42 Å². The summed E-state index contributed by atoms with van der Waals surface area (Å²) in [4.78, 5) is 18.5. The van der Waals surface area contributed by atoms with E-state index in [2.05, 4.69) is 4.98 Å². The molecule has 2 heterocycles. The maximum atomic E-state index is 13.3. The van der Waals surface area contributed by atoms with E-state index in [-0.39, 0.29) is 12.8 Å². The van der Waals surface area contributed by atoms with Crippen molar-refractivity contribution in [2.45, 2.75) is 12.5 Å². The second-order valence-electron chi connectivity index (χ2n) is 7.75. The molecule has 1 aromatic heterocycles. The first-order chi connectivity index (χ1) is 16.0. The van der Waals surface area contributed by atoms with Gasteiger partial charge in [0.2, 0.25) is 0 Å². The van der Waals surface area contributed by atoms with Crippen LogP contribution in [0, 0.1) is 0 Å². The highest BCUT2D eigenvalue weighted by atomic mass is 35.5. The minimum absolute atomic E-state index is 0.0925. The average molecular weight is 482 g/mol. The first-order valence-electron chi connectivity index (χ1n) is 10.5. The number of nitrogens with one attached hydrogen (secondary N) is 1. The number of hydrogen-bond donors (Lipinski definition) is 2. The molecule has 168 valence electrons. The molecule has 0 saturated heterocycles. The van der Waals surface area contributed by atoms with Crippen LogP contribution in [0.3, 0.4) is 0 Å². The summed E-state index contributed by atoms with van der Waals surface area (Å²) < 4.78 is 11.1. The fraction of sp³-hybridized carbons (Fsp3) is 0.160. The van der Waals surface area contributed by atoms with Gasteiger partial charge in [-0.1, -0.05) is 35.3 Å². The van der Waals surface area contributed by atoms with Crippen LogP contribution >= 0.6 is 23.2 Å². The van der Waals surface area contributed by atoms with Gasteiger partial charge in [-0.05, 0) is 72.1 Å². The number of H-pyrrole nitrogens is 1. The van der Waals surface area contributed by atoms with Crippen LogP contribution in [0.25, 0.3) is 10.9 Å². The fourth-order valence-corrected chi connectivity index (χ4v) is 4.61. The van der Waals surface area contributed by atoms with Crippen molar-refractivity contribution in [1.29, 1.82) is 0 Å². The Kier molecular flexibility index (Phi) is 5.89. The van der Waals surface area contributed by atoms with E-state index in [1.165, 1.54) is 0 Å². The molecule has 8 heteroatoms. The summed E-state index contributed by atoms with van der Waals surface area (Å²) in [5.41, 5.74) is 9.48. The van der Waals surface area contributed by atoms with Crippen molar-refractivity contribution >= 4 is 40.2 Å². The fourth-order valence-electron chi connectivity index (χ4n) is 4.31. The van der Waals surface area contributed by atoms with Gasteiger partial charge in [-0.2, -0.15) is 0 Å². The van der Waals surface area contributed by atoms with E-state index in [0.717, 1.165) is 27.7 Å². The molecule has 1 aliphatic heterocycles. The van der Waals surface area contributed by atoms with Gasteiger partial charge < -0.3 is 14.5 Å². The number of fused-ring (bicyclic) bond motifs is 3. The molecule has 4 aromatic rings. The van der Waals surface area contributed by atoms with Crippen LogP contribution in [0.5, 0.6) is 11.5 Å². The van der Waals surface area contributed by atoms with Gasteiger partial charge in [-0.25, -0.2) is 4.79 Å². The number of rotatable bonds is 4. The predicted octanol–water partition coefficient (Wildman–Crippen LogP) is 5.92. The molecule has 0 aliphatic carbocycles. The standard InChI is InChI=1S/C25H21Cl2N3O3/c26-16-3-8-19(9-4-16)33-25(31)30-12-11-20-21-13-17(27)5-10-22(21)29-23(20)24(30)15-1-6-18(7-2-15)32-14-28/h1-10,13,24,29H,11-12,14,28H2/t24-/m0/s1. The monoisotopic (exact) mass is 481 g/mol. The summed E-state index contributed by atoms with van der Waals surface area (Å²) in [6.07, 6.45) is 0.239. The second kappa shape index (κ2) is 8.98. The molecule has 6 nitrogen and oxygen atoms in total. The Bertz CT molecular complexity index is 1300. The SMILES string of the molecule is NCOc1ccc([C@H]2c3[nH]c4ccc(Cl)cc4c3CCN2C(=O)Oc2ccc(Cl)cc2)cc1. The van der Waals surface area contributed by atoms with E-state index in [9.17, 15) is 4.79 Å². The summed E-state index contributed by atoms with van der Waals surface area (Å²) in [7, 11) is 0. The van der Waals surface area contributed by atoms with Crippen molar-refractivity contribution < 1.29 is 14.3 Å². The first kappa shape index (κ1) is 21.6. The maximum absolute atomic E-state index is 13.3. The zero-order valence-electron chi connectivity index (χ0n) is 17.6. The third-order valence-corrected chi connectivity index (χ3v) is 6.28. The Morgan fingerprint density at radius 3 is 2.42 bits per heavy atom. The largest absolute Gasteiger partial charge is 0.479 e. The van der Waals surface area contributed by atoms with Crippen LogP contribution in [0.4, 0.5) is 4.79 Å². The number of carbonyl (C=O) groups is 1. The number of benzene rings is 3. The van der Waals surface area contributed by atoms with Gasteiger partial charge in [0.15, 0.2) is 0 Å². The Balaban J connectivity index is 1.56. The third kappa shape index (κ3) is 4.25. The molecule has 1 atom stereocenters. The summed E-state index contributed by atoms with van der Waals surface area (Å²) in [6.45, 7) is 0.583. The van der Waals surface area contributed by atoms with E-state index >= 15 is 0 Å². The molecule has 3 aromatic carbocycles. The van der Waals surface area contributed by atoms with E-state index in [1.54, 1.807) is 29.2 Å². The molecule has 1 aliphatic rings. The number of amides is 1. The van der Waals surface area contributed by atoms with Crippen LogP contribution in [0.2, 0.25) is 10.0 Å². The van der Waals surface area contributed by atoms with Crippen molar-refractivity contribution in [3.05, 3.63) is 93.6 Å². The van der Waals surface area contributed by atoms with E-state index in [4.69, 9.17) is 38.4 Å². The molecular formula is C25H21Cl2N3O3. The Morgan fingerprint density at radius 2 is 1.70 bits per heavy atom. The zero-order chi connectivity index (χ0) is 22.9. The average Bonchev–Trinajstić information content (AvgIpc) is 3.18. The highest BCUT2D eigenvalue weighted by Gasteiger charge is 2.35. The first-order valence-corrected chi connectivity index (χ1v) is 11.3. The predicted molar refractivity (Wildman–Crippen MR) is 129 cm³/mol. The normalized spacial score (nSPS) is 15.4. The Labute approximate surface area is 200 Å². The molecule has 3 N–H and O–H groups in total. The highest BCUT2D eigenvalue weighted by molar-refractivity contribution is 6.31. The minimum Gasteiger partial charge on any atom is -0.479 e. The summed E-state index contributed by atoms with van der Waals surface area (Å²) in [6, 6.07) is 19.7. The molecule has 0 unspecified atom stereocenters. The summed E-state index contributed by atoms with van der Waals surface area (Å²) >= 11 is 12.2. The molecule has 5 rings (SSSR count). The van der Waals surface area contributed by atoms with Gasteiger partial charge in [0.25, 0.3) is 0 Å². The number of aromatic amines is 1. The van der Waals surface area contributed by atoms with E-state index in [0.29, 0.717) is 34.5 Å². The molecule has 0 saturated carbocycles. The molecule has 0 fully saturated rings. The van der Waals surface area contributed by atoms with Gasteiger partial charge in [0.05, 0.1) is 0 Å². The van der Waals surface area contributed by atoms with Crippen molar-refractivity contribution in [2.75, 3.05) is 13.3 Å². The molecule has 0 spiro atoms. The van der Waals surface area contributed by atoms with Gasteiger partial charge in [-0.15, -0.1) is 0 Å². The third-order valence-electron chi connectivity index (χ3n) is 5.79. The molecule has 0 bridgehead atoms. The number of nitrogens with two attached hydrogens (primary N) is 1. The zero-order valence-corrected chi connectivity index (χ0v) is 19.1. The van der Waals surface area contributed by atoms with Crippen molar-refractivity contribution in [2.24, 2.45) is 5.73 Å². The molecular weight excluding hydrogens is 461 g/mol. The van der Waals surface area contributed by atoms with Gasteiger partial charge >= 0.3 is 6.09 Å². The highest BCUT2D eigenvalue weighted by Crippen LogP contribution is 2.40. The van der Waals surface area contributed by atoms with Gasteiger partial charge in [-0.3, -0.25) is 10.6 Å². The van der Waals surface area contributed by atoms with Gasteiger partial charge in [0.1, 0.15) is 24.3 Å². The number of halogens is 2. The lowest BCUT2D eigenvalue weighted by Crippen LogP contribution is -2.42. The smallest absolute Gasteiger partial charge is 0.416 e. The van der Waals surface area contributed by atoms with Crippen molar-refractivity contribution in [3.8, 4) is 11.5 Å². The van der Waals surface area contributed by atoms with Crippen molar-refractivity contribution in [1.82, 2.24) is 9.88 Å². The number of ether oxygens (including phenoxy) is 2. The number of carbonyl (C=O) groups excluding carboxylic acids is 1. The van der Waals surface area contributed by atoms with Crippen LogP contribution in [0.1, 0.15) is 22.9 Å². The van der Waals surface area contributed by atoms with E-state index in [1.807, 2.05) is 42.5 Å². The summed E-state index contributed by atoms with van der Waals surface area (Å²) in [5.74, 6) is 1.10. The van der Waals surface area contributed by atoms with Crippen LogP contribution in [0.15, 0.2) is 66.7 Å². The van der Waals surface area contributed by atoms with Crippen molar-refractivity contribution in [3.63, 3.8) is 0 Å². The minimum atomic E-state index is -0.438. The van der Waals surface area contributed by atoms with E-state index < -0.39 is 6.09 Å². The Morgan fingerprint density at radius 1 is 1.00 bits per heavy atom.